The summed E-state index contributed by atoms with van der Waals surface area (Å²) in [6.45, 7) is 7.43. The second-order valence-electron chi connectivity index (χ2n) is 5.08. The van der Waals surface area contributed by atoms with Gasteiger partial charge in [0.1, 0.15) is 0 Å². The number of nitrogens with two attached hydrogens (primary N) is 1. The van der Waals surface area contributed by atoms with E-state index in [1.54, 1.807) is 0 Å². The number of nitrogen functional groups attached to an aromatic ring is 1. The van der Waals surface area contributed by atoms with Gasteiger partial charge in [0.05, 0.1) is 17.8 Å². The third-order valence-corrected chi connectivity index (χ3v) is 3.27. The first-order valence-corrected chi connectivity index (χ1v) is 6.51. The summed E-state index contributed by atoms with van der Waals surface area (Å²) < 4.78 is 0. The lowest BCUT2D eigenvalue weighted by Gasteiger charge is -2.30. The topological polar surface area (TPSA) is 58.4 Å². The number of fused-ring (bicyclic) bond motifs is 1. The van der Waals surface area contributed by atoms with Crippen molar-refractivity contribution in [2.75, 3.05) is 22.5 Å². The molecule has 2 rings (SSSR count). The first kappa shape index (κ1) is 12.7. The quantitative estimate of drug-likeness (QED) is 0.803. The summed E-state index contributed by atoms with van der Waals surface area (Å²) in [4.78, 5) is 13.7. The molecule has 98 valence electrons. The van der Waals surface area contributed by atoms with Gasteiger partial charge in [0.2, 0.25) is 5.91 Å². The van der Waals surface area contributed by atoms with Crippen LogP contribution in [0.15, 0.2) is 12.1 Å². The molecule has 0 radical (unpaired) electrons. The second-order valence-corrected chi connectivity index (χ2v) is 5.08. The predicted molar refractivity (Wildman–Crippen MR) is 76.0 cm³/mol. The van der Waals surface area contributed by atoms with E-state index in [0.717, 1.165) is 35.6 Å². The molecule has 0 aliphatic carbocycles. The molecule has 1 aliphatic rings. The largest absolute Gasteiger partial charge is 0.397 e. The van der Waals surface area contributed by atoms with E-state index in [1.807, 2.05) is 12.1 Å². The number of hydrogen-bond donors (Lipinski definition) is 2. The van der Waals surface area contributed by atoms with Crippen molar-refractivity contribution in [1.82, 2.24) is 0 Å². The molecule has 1 aromatic carbocycles. The maximum atomic E-state index is 11.4. The van der Waals surface area contributed by atoms with Gasteiger partial charge in [-0.3, -0.25) is 4.79 Å². The molecule has 18 heavy (non-hydrogen) atoms. The summed E-state index contributed by atoms with van der Waals surface area (Å²) in [5.74, 6) is 0.0492. The molecule has 0 aromatic heterocycles. The summed E-state index contributed by atoms with van der Waals surface area (Å²) >= 11 is 0. The normalized spacial score (nSPS) is 13.7. The SMILES string of the molecule is CCCN(c1cc2c(cc1N)CC(=O)N2)C(C)C. The Morgan fingerprint density at radius 1 is 1.44 bits per heavy atom. The standard InChI is InChI=1S/C14H21N3O/c1-4-5-17(9(2)3)13-8-12-10(6-11(13)15)7-14(18)16-12/h6,8-9H,4-5,7,15H2,1-3H3,(H,16,18). The molecule has 0 spiro atoms. The number of anilines is 3. The van der Waals surface area contributed by atoms with Gasteiger partial charge in [-0.1, -0.05) is 6.92 Å². The maximum Gasteiger partial charge on any atom is 0.228 e. The maximum absolute atomic E-state index is 11.4. The molecule has 4 heteroatoms. The lowest BCUT2D eigenvalue weighted by molar-refractivity contribution is -0.115. The minimum atomic E-state index is 0.0492. The Morgan fingerprint density at radius 2 is 2.17 bits per heavy atom. The molecule has 3 N–H and O–H groups in total. The summed E-state index contributed by atoms with van der Waals surface area (Å²) in [5.41, 5.74) is 9.81. The Bertz CT molecular complexity index is 468. The van der Waals surface area contributed by atoms with Crippen LogP contribution >= 0.6 is 0 Å². The summed E-state index contributed by atoms with van der Waals surface area (Å²) in [5, 5.41) is 2.88. The van der Waals surface area contributed by atoms with E-state index >= 15 is 0 Å². The van der Waals surface area contributed by atoms with Gasteiger partial charge in [0.25, 0.3) is 0 Å². The molecule has 1 aliphatic heterocycles. The highest BCUT2D eigenvalue weighted by Gasteiger charge is 2.21. The van der Waals surface area contributed by atoms with Crippen LogP contribution in [0.4, 0.5) is 17.1 Å². The van der Waals surface area contributed by atoms with E-state index in [1.165, 1.54) is 0 Å². The van der Waals surface area contributed by atoms with Crippen LogP contribution in [0, 0.1) is 0 Å². The third kappa shape index (κ3) is 2.28. The molecule has 1 heterocycles. The highest BCUT2D eigenvalue weighted by atomic mass is 16.1. The van der Waals surface area contributed by atoms with Crippen molar-refractivity contribution in [1.29, 1.82) is 0 Å². The molecular weight excluding hydrogens is 226 g/mol. The van der Waals surface area contributed by atoms with E-state index in [0.29, 0.717) is 12.5 Å². The lowest BCUT2D eigenvalue weighted by Crippen LogP contribution is -2.32. The number of nitrogens with zero attached hydrogens (tertiary/aromatic N) is 1. The molecule has 0 atom stereocenters. The third-order valence-electron chi connectivity index (χ3n) is 3.27. The average molecular weight is 247 g/mol. The molecule has 0 bridgehead atoms. The molecule has 4 nitrogen and oxygen atoms in total. The fourth-order valence-corrected chi connectivity index (χ4v) is 2.43. The number of carbonyl (C=O) groups is 1. The van der Waals surface area contributed by atoms with Crippen molar-refractivity contribution in [2.24, 2.45) is 0 Å². The Balaban J connectivity index is 2.39. The lowest BCUT2D eigenvalue weighted by atomic mass is 10.1. The van der Waals surface area contributed by atoms with Gasteiger partial charge in [-0.05, 0) is 38.0 Å². The molecular formula is C14H21N3O. The van der Waals surface area contributed by atoms with Crippen LogP contribution in [-0.4, -0.2) is 18.5 Å². The smallest absolute Gasteiger partial charge is 0.228 e. The van der Waals surface area contributed by atoms with Crippen molar-refractivity contribution < 1.29 is 4.79 Å². The second kappa shape index (κ2) is 4.88. The highest BCUT2D eigenvalue weighted by molar-refractivity contribution is 6.00. The molecule has 1 aromatic rings. The van der Waals surface area contributed by atoms with Gasteiger partial charge in [0.15, 0.2) is 0 Å². The minimum Gasteiger partial charge on any atom is -0.397 e. The number of nitrogens with one attached hydrogen (secondary N) is 1. The Morgan fingerprint density at radius 3 is 2.78 bits per heavy atom. The zero-order valence-corrected chi connectivity index (χ0v) is 11.3. The van der Waals surface area contributed by atoms with Crippen LogP contribution in [0.25, 0.3) is 0 Å². The number of carbonyl (C=O) groups excluding carboxylic acids is 1. The van der Waals surface area contributed by atoms with Crippen LogP contribution in [0.3, 0.4) is 0 Å². The van der Waals surface area contributed by atoms with Crippen LogP contribution in [-0.2, 0) is 11.2 Å². The van der Waals surface area contributed by atoms with Gasteiger partial charge < -0.3 is 16.0 Å². The number of benzene rings is 1. The summed E-state index contributed by atoms with van der Waals surface area (Å²) in [7, 11) is 0. The van der Waals surface area contributed by atoms with Crippen LogP contribution < -0.4 is 16.0 Å². The zero-order valence-electron chi connectivity index (χ0n) is 11.3. The van der Waals surface area contributed by atoms with E-state index in [9.17, 15) is 4.79 Å². The van der Waals surface area contributed by atoms with E-state index < -0.39 is 0 Å². The Labute approximate surface area is 108 Å². The Hall–Kier alpha value is -1.71. The van der Waals surface area contributed by atoms with Gasteiger partial charge in [-0.25, -0.2) is 0 Å². The molecule has 0 saturated heterocycles. The molecule has 1 amide bonds. The van der Waals surface area contributed by atoms with Gasteiger partial charge in [-0.15, -0.1) is 0 Å². The number of rotatable bonds is 4. The highest BCUT2D eigenvalue weighted by Crippen LogP contribution is 2.34. The van der Waals surface area contributed by atoms with Crippen molar-refractivity contribution in [3.05, 3.63) is 17.7 Å². The summed E-state index contributed by atoms with van der Waals surface area (Å²) in [6, 6.07) is 4.32. The Kier molecular flexibility index (Phi) is 3.45. The van der Waals surface area contributed by atoms with E-state index in [2.05, 4.69) is 31.0 Å². The van der Waals surface area contributed by atoms with Crippen LogP contribution in [0.5, 0.6) is 0 Å². The van der Waals surface area contributed by atoms with Crippen LogP contribution in [0.1, 0.15) is 32.8 Å². The van der Waals surface area contributed by atoms with E-state index in [4.69, 9.17) is 5.73 Å². The molecule has 0 saturated carbocycles. The number of amides is 1. The zero-order chi connectivity index (χ0) is 13.3. The van der Waals surface area contributed by atoms with Crippen molar-refractivity contribution >= 4 is 23.0 Å². The molecule has 0 fully saturated rings. The first-order chi connectivity index (χ1) is 8.52. The van der Waals surface area contributed by atoms with Crippen molar-refractivity contribution in [3.8, 4) is 0 Å². The summed E-state index contributed by atoms with van der Waals surface area (Å²) in [6.07, 6.45) is 1.51. The van der Waals surface area contributed by atoms with Gasteiger partial charge >= 0.3 is 0 Å². The average Bonchev–Trinajstić information content (AvgIpc) is 2.64. The monoisotopic (exact) mass is 247 g/mol. The van der Waals surface area contributed by atoms with E-state index in [-0.39, 0.29) is 5.91 Å². The fourth-order valence-electron chi connectivity index (χ4n) is 2.43. The van der Waals surface area contributed by atoms with Crippen molar-refractivity contribution in [3.63, 3.8) is 0 Å². The fraction of sp³-hybridized carbons (Fsp3) is 0.500. The van der Waals surface area contributed by atoms with Crippen molar-refractivity contribution in [2.45, 2.75) is 39.7 Å². The molecule has 0 unspecified atom stereocenters. The minimum absolute atomic E-state index is 0.0492. The van der Waals surface area contributed by atoms with Gasteiger partial charge in [0, 0.05) is 18.3 Å². The first-order valence-electron chi connectivity index (χ1n) is 6.51. The van der Waals surface area contributed by atoms with Crippen LogP contribution in [0.2, 0.25) is 0 Å². The number of hydrogen-bond acceptors (Lipinski definition) is 3. The predicted octanol–water partition coefficient (Wildman–Crippen LogP) is 2.39. The van der Waals surface area contributed by atoms with Gasteiger partial charge in [-0.2, -0.15) is 0 Å².